The van der Waals surface area contributed by atoms with Gasteiger partial charge in [0.25, 0.3) is 0 Å². The number of aromatic nitrogens is 3. The van der Waals surface area contributed by atoms with Gasteiger partial charge in [0.2, 0.25) is 5.78 Å². The number of carbonyl (C=O) groups excluding carboxylic acids is 1. The van der Waals surface area contributed by atoms with Gasteiger partial charge in [-0.05, 0) is 18.2 Å². The minimum atomic E-state index is -0.677. The molecule has 0 aliphatic carbocycles. The number of aromatic amines is 1. The second-order valence-electron chi connectivity index (χ2n) is 2.79. The Bertz CT molecular complexity index is 498. The van der Waals surface area contributed by atoms with Gasteiger partial charge in [0.1, 0.15) is 12.1 Å². The Balaban J connectivity index is 2.42. The molecule has 15 heavy (non-hydrogen) atoms. The zero-order valence-electron chi connectivity index (χ0n) is 7.37. The number of nitrogens with one attached hydrogen (secondary N) is 1. The number of rotatable bonds is 2. The number of carbonyl (C=O) groups is 1. The molecule has 2 aromatic rings. The van der Waals surface area contributed by atoms with E-state index < -0.39 is 11.6 Å². The molecule has 0 unspecified atom stereocenters. The molecule has 0 aliphatic rings. The summed E-state index contributed by atoms with van der Waals surface area (Å²) < 4.78 is 13.3. The minimum absolute atomic E-state index is 0.00350. The first-order chi connectivity index (χ1) is 7.18. The normalized spacial score (nSPS) is 10.3. The van der Waals surface area contributed by atoms with E-state index in [1.165, 1.54) is 18.5 Å². The third-order valence-electron chi connectivity index (χ3n) is 1.81. The molecule has 0 spiro atoms. The van der Waals surface area contributed by atoms with Crippen LogP contribution in [0.1, 0.15) is 16.2 Å². The van der Waals surface area contributed by atoms with Gasteiger partial charge in [0.05, 0.1) is 5.56 Å². The highest BCUT2D eigenvalue weighted by molar-refractivity contribution is 6.30. The van der Waals surface area contributed by atoms with Crippen molar-refractivity contribution in [3.05, 3.63) is 46.8 Å². The van der Waals surface area contributed by atoms with Crippen LogP contribution < -0.4 is 0 Å². The Morgan fingerprint density at radius 3 is 2.87 bits per heavy atom. The van der Waals surface area contributed by atoms with Crippen LogP contribution in [0.25, 0.3) is 0 Å². The van der Waals surface area contributed by atoms with Crippen LogP contribution in [0.3, 0.4) is 0 Å². The molecule has 0 atom stereocenters. The summed E-state index contributed by atoms with van der Waals surface area (Å²) in [5.41, 5.74) is -0.0869. The fraction of sp³-hybridized carbons (Fsp3) is 0. The summed E-state index contributed by atoms with van der Waals surface area (Å²) >= 11 is 5.56. The van der Waals surface area contributed by atoms with E-state index in [1.807, 2.05) is 0 Å². The van der Waals surface area contributed by atoms with Gasteiger partial charge in [-0.15, -0.1) is 0 Å². The average molecular weight is 226 g/mol. The Kier molecular flexibility index (Phi) is 2.47. The van der Waals surface area contributed by atoms with Crippen molar-refractivity contribution in [2.45, 2.75) is 0 Å². The van der Waals surface area contributed by atoms with Crippen LogP contribution in [-0.2, 0) is 0 Å². The summed E-state index contributed by atoms with van der Waals surface area (Å²) in [6.07, 6.45) is 1.18. The lowest BCUT2D eigenvalue weighted by molar-refractivity contribution is 0.102. The highest BCUT2D eigenvalue weighted by Gasteiger charge is 2.16. The van der Waals surface area contributed by atoms with Crippen LogP contribution in [0.2, 0.25) is 5.02 Å². The highest BCUT2D eigenvalue weighted by atomic mass is 35.5. The molecule has 1 aromatic heterocycles. The minimum Gasteiger partial charge on any atom is -0.285 e. The Labute approximate surface area is 89.1 Å². The van der Waals surface area contributed by atoms with Crippen molar-refractivity contribution >= 4 is 17.4 Å². The van der Waals surface area contributed by atoms with Crippen LogP contribution in [0.5, 0.6) is 0 Å². The van der Waals surface area contributed by atoms with Crippen LogP contribution in [0.15, 0.2) is 24.5 Å². The first kappa shape index (κ1) is 9.79. The molecule has 0 fully saturated rings. The number of nitrogens with zero attached hydrogens (tertiary/aromatic N) is 2. The maximum Gasteiger partial charge on any atom is 0.232 e. The molecular weight excluding hydrogens is 221 g/mol. The molecule has 0 bridgehead atoms. The molecule has 1 N–H and O–H groups in total. The van der Waals surface area contributed by atoms with Gasteiger partial charge in [0, 0.05) is 5.02 Å². The van der Waals surface area contributed by atoms with Crippen LogP contribution in [0.4, 0.5) is 4.39 Å². The van der Waals surface area contributed by atoms with E-state index in [-0.39, 0.29) is 16.4 Å². The van der Waals surface area contributed by atoms with Gasteiger partial charge >= 0.3 is 0 Å². The van der Waals surface area contributed by atoms with Gasteiger partial charge in [-0.1, -0.05) is 11.6 Å². The number of hydrogen-bond acceptors (Lipinski definition) is 3. The Morgan fingerprint density at radius 1 is 1.47 bits per heavy atom. The smallest absolute Gasteiger partial charge is 0.232 e. The van der Waals surface area contributed by atoms with Gasteiger partial charge in [-0.25, -0.2) is 9.37 Å². The van der Waals surface area contributed by atoms with Crippen molar-refractivity contribution in [3.8, 4) is 0 Å². The molecule has 76 valence electrons. The van der Waals surface area contributed by atoms with E-state index in [9.17, 15) is 9.18 Å². The van der Waals surface area contributed by atoms with Gasteiger partial charge < -0.3 is 0 Å². The predicted molar refractivity (Wildman–Crippen MR) is 51.2 cm³/mol. The van der Waals surface area contributed by atoms with Crippen molar-refractivity contribution in [1.82, 2.24) is 15.2 Å². The Hall–Kier alpha value is -1.75. The zero-order chi connectivity index (χ0) is 10.8. The molecule has 1 heterocycles. The van der Waals surface area contributed by atoms with E-state index >= 15 is 0 Å². The molecule has 2 rings (SSSR count). The van der Waals surface area contributed by atoms with E-state index in [0.29, 0.717) is 0 Å². The Morgan fingerprint density at radius 2 is 2.27 bits per heavy atom. The molecular formula is C9H5ClFN3O. The van der Waals surface area contributed by atoms with E-state index in [0.717, 1.165) is 6.07 Å². The number of hydrogen-bond donors (Lipinski definition) is 1. The molecule has 0 amide bonds. The van der Waals surface area contributed by atoms with Crippen molar-refractivity contribution in [2.75, 3.05) is 0 Å². The standard InChI is InChI=1S/C9H5ClFN3O/c10-5-1-2-6(7(11)3-5)8(15)9-12-4-13-14-9/h1-4H,(H,12,13,14). The van der Waals surface area contributed by atoms with Gasteiger partial charge in [-0.3, -0.25) is 9.89 Å². The van der Waals surface area contributed by atoms with Crippen molar-refractivity contribution in [2.24, 2.45) is 0 Å². The van der Waals surface area contributed by atoms with E-state index in [2.05, 4.69) is 15.2 Å². The summed E-state index contributed by atoms with van der Waals surface area (Å²) in [5, 5.41) is 6.12. The van der Waals surface area contributed by atoms with Crippen molar-refractivity contribution < 1.29 is 9.18 Å². The SMILES string of the molecule is O=C(c1ncn[nH]1)c1ccc(Cl)cc1F. The van der Waals surface area contributed by atoms with Crippen LogP contribution in [0, 0.1) is 5.82 Å². The molecule has 0 saturated heterocycles. The second-order valence-corrected chi connectivity index (χ2v) is 3.22. The predicted octanol–water partition coefficient (Wildman–Crippen LogP) is 1.83. The lowest BCUT2D eigenvalue weighted by Gasteiger charge is -1.99. The largest absolute Gasteiger partial charge is 0.285 e. The lowest BCUT2D eigenvalue weighted by Crippen LogP contribution is -2.06. The van der Waals surface area contributed by atoms with Crippen molar-refractivity contribution in [3.63, 3.8) is 0 Å². The highest BCUT2D eigenvalue weighted by Crippen LogP contribution is 2.16. The maximum atomic E-state index is 13.3. The fourth-order valence-electron chi connectivity index (χ4n) is 1.12. The number of H-pyrrole nitrogens is 1. The monoisotopic (exact) mass is 225 g/mol. The topological polar surface area (TPSA) is 58.6 Å². The molecule has 0 radical (unpaired) electrons. The first-order valence-corrected chi connectivity index (χ1v) is 4.41. The third kappa shape index (κ3) is 1.87. The molecule has 4 nitrogen and oxygen atoms in total. The summed E-state index contributed by atoms with van der Waals surface area (Å²) in [6, 6.07) is 3.82. The summed E-state index contributed by atoms with van der Waals surface area (Å²) in [4.78, 5) is 15.3. The summed E-state index contributed by atoms with van der Waals surface area (Å²) in [5.74, 6) is -1.23. The second kappa shape index (κ2) is 3.78. The molecule has 0 saturated carbocycles. The maximum absolute atomic E-state index is 13.3. The molecule has 0 aliphatic heterocycles. The quantitative estimate of drug-likeness (QED) is 0.794. The van der Waals surface area contributed by atoms with Crippen LogP contribution in [-0.4, -0.2) is 21.0 Å². The van der Waals surface area contributed by atoms with Crippen LogP contribution >= 0.6 is 11.6 Å². The lowest BCUT2D eigenvalue weighted by atomic mass is 10.1. The van der Waals surface area contributed by atoms with Crippen molar-refractivity contribution in [1.29, 1.82) is 0 Å². The zero-order valence-corrected chi connectivity index (χ0v) is 8.12. The summed E-state index contributed by atoms with van der Waals surface area (Å²) in [6.45, 7) is 0. The first-order valence-electron chi connectivity index (χ1n) is 4.03. The number of benzene rings is 1. The van der Waals surface area contributed by atoms with Gasteiger partial charge in [-0.2, -0.15) is 5.10 Å². The molecule has 1 aromatic carbocycles. The summed E-state index contributed by atoms with van der Waals surface area (Å²) in [7, 11) is 0. The average Bonchev–Trinajstić information content (AvgIpc) is 2.69. The number of ketones is 1. The van der Waals surface area contributed by atoms with E-state index in [4.69, 9.17) is 11.6 Å². The fourth-order valence-corrected chi connectivity index (χ4v) is 1.27. The molecule has 6 heteroatoms. The number of halogens is 2. The van der Waals surface area contributed by atoms with E-state index in [1.54, 1.807) is 0 Å². The van der Waals surface area contributed by atoms with Gasteiger partial charge in [0.15, 0.2) is 5.82 Å². The third-order valence-corrected chi connectivity index (χ3v) is 2.04.